The fraction of sp³-hybridized carbons (Fsp3) is 0.300. The average molecular weight is 211 g/mol. The summed E-state index contributed by atoms with van der Waals surface area (Å²) in [5.41, 5.74) is 0.926. The van der Waals surface area contributed by atoms with Crippen molar-refractivity contribution in [3.63, 3.8) is 0 Å². The molecule has 0 aliphatic heterocycles. The maximum atomic E-state index is 5.18. The minimum Gasteiger partial charge on any atom is -0.468 e. The van der Waals surface area contributed by atoms with Crippen LogP contribution in [0.5, 0.6) is 0 Å². The van der Waals surface area contributed by atoms with Gasteiger partial charge in [0.25, 0.3) is 5.17 Å². The standard InChI is InChI=1S/C10H13NO2S/c1-12-7-8-13-10(14)11-9-5-3-2-4-6-9/h2-6H,7-8H2,1H3,(H,11,14). The Hall–Kier alpha value is -1.13. The van der Waals surface area contributed by atoms with Gasteiger partial charge in [0.1, 0.15) is 6.61 Å². The van der Waals surface area contributed by atoms with Crippen molar-refractivity contribution < 1.29 is 9.47 Å². The molecule has 0 spiro atoms. The van der Waals surface area contributed by atoms with Crippen LogP contribution in [0.15, 0.2) is 30.3 Å². The van der Waals surface area contributed by atoms with Gasteiger partial charge in [-0.15, -0.1) is 0 Å². The molecule has 0 saturated carbocycles. The molecule has 0 heterocycles. The number of methoxy groups -OCH3 is 1. The lowest BCUT2D eigenvalue weighted by molar-refractivity contribution is 0.143. The third kappa shape index (κ3) is 4.20. The summed E-state index contributed by atoms with van der Waals surface area (Å²) in [6.07, 6.45) is 0. The fourth-order valence-corrected chi connectivity index (χ4v) is 1.09. The normalized spacial score (nSPS) is 9.50. The number of benzene rings is 1. The van der Waals surface area contributed by atoms with E-state index >= 15 is 0 Å². The van der Waals surface area contributed by atoms with Crippen molar-refractivity contribution in [3.05, 3.63) is 30.3 Å². The van der Waals surface area contributed by atoms with E-state index in [4.69, 9.17) is 21.7 Å². The van der Waals surface area contributed by atoms with Gasteiger partial charge in [-0.1, -0.05) is 18.2 Å². The summed E-state index contributed by atoms with van der Waals surface area (Å²) < 4.78 is 10.0. The molecule has 0 amide bonds. The molecule has 0 atom stereocenters. The Bertz CT molecular complexity index is 277. The van der Waals surface area contributed by atoms with Crippen molar-refractivity contribution in [1.82, 2.24) is 0 Å². The topological polar surface area (TPSA) is 30.5 Å². The zero-order chi connectivity index (χ0) is 10.2. The first-order chi connectivity index (χ1) is 6.83. The zero-order valence-electron chi connectivity index (χ0n) is 8.03. The molecule has 0 unspecified atom stereocenters. The largest absolute Gasteiger partial charge is 0.468 e. The van der Waals surface area contributed by atoms with Gasteiger partial charge in [0.05, 0.1) is 6.61 Å². The van der Waals surface area contributed by atoms with Crippen molar-refractivity contribution in [2.45, 2.75) is 0 Å². The third-order valence-corrected chi connectivity index (χ3v) is 1.76. The summed E-state index contributed by atoms with van der Waals surface area (Å²) in [5, 5.41) is 3.32. The van der Waals surface area contributed by atoms with Gasteiger partial charge in [-0.2, -0.15) is 0 Å². The summed E-state index contributed by atoms with van der Waals surface area (Å²) >= 11 is 4.96. The van der Waals surface area contributed by atoms with Crippen LogP contribution in [0, 0.1) is 0 Å². The molecule has 4 heteroatoms. The monoisotopic (exact) mass is 211 g/mol. The lowest BCUT2D eigenvalue weighted by Crippen LogP contribution is -2.15. The molecule has 76 valence electrons. The Kier molecular flexibility index (Phi) is 4.96. The number of anilines is 1. The minimum atomic E-state index is 0.369. The summed E-state index contributed by atoms with van der Waals surface area (Å²) in [6, 6.07) is 9.65. The van der Waals surface area contributed by atoms with Gasteiger partial charge in [-0.3, -0.25) is 0 Å². The second-order valence-electron chi connectivity index (χ2n) is 2.62. The SMILES string of the molecule is COCCOC(=S)Nc1ccccc1. The number of hydrogen-bond donors (Lipinski definition) is 1. The summed E-state index contributed by atoms with van der Waals surface area (Å²) in [7, 11) is 1.62. The van der Waals surface area contributed by atoms with Crippen LogP contribution in [0.4, 0.5) is 5.69 Å². The van der Waals surface area contributed by atoms with E-state index in [2.05, 4.69) is 5.32 Å². The number of nitrogens with one attached hydrogen (secondary N) is 1. The Morgan fingerprint density at radius 3 is 2.64 bits per heavy atom. The first-order valence-corrected chi connectivity index (χ1v) is 4.71. The second kappa shape index (κ2) is 6.34. The summed E-state index contributed by atoms with van der Waals surface area (Å²) in [5.74, 6) is 0. The molecule has 14 heavy (non-hydrogen) atoms. The van der Waals surface area contributed by atoms with Crippen LogP contribution in [0.25, 0.3) is 0 Å². The molecule has 1 aromatic carbocycles. The third-order valence-electron chi connectivity index (χ3n) is 1.54. The fourth-order valence-electron chi connectivity index (χ4n) is 0.893. The Morgan fingerprint density at radius 2 is 2.00 bits per heavy atom. The molecule has 0 saturated heterocycles. The molecular weight excluding hydrogens is 198 g/mol. The molecule has 1 rings (SSSR count). The summed E-state index contributed by atoms with van der Waals surface area (Å²) in [4.78, 5) is 0. The predicted molar refractivity (Wildman–Crippen MR) is 60.5 cm³/mol. The van der Waals surface area contributed by atoms with E-state index in [0.717, 1.165) is 5.69 Å². The quantitative estimate of drug-likeness (QED) is 0.610. The van der Waals surface area contributed by atoms with Crippen molar-refractivity contribution in [2.24, 2.45) is 0 Å². The number of ether oxygens (including phenoxy) is 2. The molecule has 1 N–H and O–H groups in total. The minimum absolute atomic E-state index is 0.369. The predicted octanol–water partition coefficient (Wildman–Crippen LogP) is 2.05. The molecule has 0 aromatic heterocycles. The van der Waals surface area contributed by atoms with Gasteiger partial charge in [-0.25, -0.2) is 0 Å². The van der Waals surface area contributed by atoms with Gasteiger partial charge < -0.3 is 14.8 Å². The van der Waals surface area contributed by atoms with Crippen LogP contribution >= 0.6 is 12.2 Å². The van der Waals surface area contributed by atoms with Crippen LogP contribution in [-0.4, -0.2) is 25.5 Å². The van der Waals surface area contributed by atoms with Crippen molar-refractivity contribution in [2.75, 3.05) is 25.6 Å². The highest BCUT2D eigenvalue weighted by atomic mass is 32.1. The molecule has 0 aliphatic rings. The van der Waals surface area contributed by atoms with Crippen LogP contribution in [0.3, 0.4) is 0 Å². The van der Waals surface area contributed by atoms with Crippen LogP contribution in [-0.2, 0) is 9.47 Å². The average Bonchev–Trinajstić information content (AvgIpc) is 2.20. The van der Waals surface area contributed by atoms with E-state index in [9.17, 15) is 0 Å². The van der Waals surface area contributed by atoms with E-state index in [1.54, 1.807) is 7.11 Å². The number of rotatable bonds is 4. The van der Waals surface area contributed by atoms with Gasteiger partial charge in [-0.05, 0) is 24.4 Å². The van der Waals surface area contributed by atoms with Crippen molar-refractivity contribution in [1.29, 1.82) is 0 Å². The van der Waals surface area contributed by atoms with E-state index < -0.39 is 0 Å². The van der Waals surface area contributed by atoms with Crippen LogP contribution in [0.2, 0.25) is 0 Å². The van der Waals surface area contributed by atoms with Crippen molar-refractivity contribution >= 4 is 23.1 Å². The first kappa shape index (κ1) is 10.9. The molecule has 0 aliphatic carbocycles. The van der Waals surface area contributed by atoms with Gasteiger partial charge in [0.2, 0.25) is 0 Å². The van der Waals surface area contributed by atoms with Gasteiger partial charge in [0.15, 0.2) is 0 Å². The van der Waals surface area contributed by atoms with E-state index in [1.807, 2.05) is 30.3 Å². The Balaban J connectivity index is 2.27. The Labute approximate surface area is 89.0 Å². The molecular formula is C10H13NO2S. The highest BCUT2D eigenvalue weighted by Gasteiger charge is 1.96. The second-order valence-corrected chi connectivity index (χ2v) is 2.99. The molecule has 1 aromatic rings. The van der Waals surface area contributed by atoms with Gasteiger partial charge in [0, 0.05) is 12.8 Å². The maximum absolute atomic E-state index is 5.18. The van der Waals surface area contributed by atoms with Crippen LogP contribution < -0.4 is 5.32 Å². The highest BCUT2D eigenvalue weighted by Crippen LogP contribution is 2.05. The van der Waals surface area contributed by atoms with E-state index in [-0.39, 0.29) is 0 Å². The van der Waals surface area contributed by atoms with Gasteiger partial charge >= 0.3 is 0 Å². The number of para-hydroxylation sites is 1. The van der Waals surface area contributed by atoms with Crippen molar-refractivity contribution in [3.8, 4) is 0 Å². The zero-order valence-corrected chi connectivity index (χ0v) is 8.84. The van der Waals surface area contributed by atoms with E-state index in [0.29, 0.717) is 18.4 Å². The molecule has 0 fully saturated rings. The molecule has 0 radical (unpaired) electrons. The Morgan fingerprint density at radius 1 is 1.29 bits per heavy atom. The summed E-state index contributed by atoms with van der Waals surface area (Å²) in [6.45, 7) is 1.01. The number of thiocarbonyl (C=S) groups is 1. The van der Waals surface area contributed by atoms with E-state index in [1.165, 1.54) is 0 Å². The number of hydrogen-bond acceptors (Lipinski definition) is 3. The lowest BCUT2D eigenvalue weighted by Gasteiger charge is -2.08. The van der Waals surface area contributed by atoms with Crippen LogP contribution in [0.1, 0.15) is 0 Å². The molecule has 0 bridgehead atoms. The highest BCUT2D eigenvalue weighted by molar-refractivity contribution is 7.80. The lowest BCUT2D eigenvalue weighted by atomic mass is 10.3. The smallest absolute Gasteiger partial charge is 0.261 e. The first-order valence-electron chi connectivity index (χ1n) is 4.30. The molecule has 3 nitrogen and oxygen atoms in total. The maximum Gasteiger partial charge on any atom is 0.261 e.